The van der Waals surface area contributed by atoms with Gasteiger partial charge >= 0.3 is 0 Å². The van der Waals surface area contributed by atoms with Crippen LogP contribution in [0.5, 0.6) is 0 Å². The molecule has 0 aliphatic rings. The van der Waals surface area contributed by atoms with Crippen LogP contribution in [0.2, 0.25) is 5.02 Å². The maximum atomic E-state index is 13.5. The predicted octanol–water partition coefficient (Wildman–Crippen LogP) is 2.83. The zero-order chi connectivity index (χ0) is 21.1. The molecule has 29 heavy (non-hydrogen) atoms. The van der Waals surface area contributed by atoms with Gasteiger partial charge in [-0.1, -0.05) is 17.7 Å². The molecule has 0 aliphatic carbocycles. The SMILES string of the molecule is CN(C(=O)c1nc[nH]c1C(N)=O)c1ccc(NC(=O)c2cccc(F)c2Cl)cc1. The Kier molecular flexibility index (Phi) is 5.60. The maximum Gasteiger partial charge on any atom is 0.279 e. The Morgan fingerprint density at radius 2 is 1.86 bits per heavy atom. The van der Waals surface area contributed by atoms with Crippen LogP contribution in [0.1, 0.15) is 31.3 Å². The molecule has 0 atom stereocenters. The van der Waals surface area contributed by atoms with E-state index in [-0.39, 0.29) is 22.0 Å². The standard InChI is InChI=1S/C19H15ClFN5O3/c1-26(19(29)16-15(17(22)27)23-9-24-16)11-7-5-10(6-8-11)25-18(28)12-3-2-4-13(21)14(12)20/h2-9H,1H3,(H2,22,27)(H,23,24)(H,25,28). The molecule has 3 amide bonds. The number of halogens is 2. The lowest BCUT2D eigenvalue weighted by molar-refractivity contribution is 0.0958. The smallest absolute Gasteiger partial charge is 0.279 e. The molecule has 3 aromatic rings. The Hall–Kier alpha value is -3.72. The minimum Gasteiger partial charge on any atom is -0.364 e. The van der Waals surface area contributed by atoms with Gasteiger partial charge in [-0.25, -0.2) is 9.37 Å². The Morgan fingerprint density at radius 3 is 2.52 bits per heavy atom. The highest BCUT2D eigenvalue weighted by Crippen LogP contribution is 2.23. The van der Waals surface area contributed by atoms with Crippen molar-refractivity contribution in [2.24, 2.45) is 5.73 Å². The molecule has 148 valence electrons. The first-order chi connectivity index (χ1) is 13.8. The number of rotatable bonds is 5. The van der Waals surface area contributed by atoms with Crippen molar-refractivity contribution in [3.8, 4) is 0 Å². The Morgan fingerprint density at radius 1 is 1.17 bits per heavy atom. The van der Waals surface area contributed by atoms with Crippen molar-refractivity contribution in [1.82, 2.24) is 9.97 Å². The van der Waals surface area contributed by atoms with E-state index in [1.54, 1.807) is 24.3 Å². The van der Waals surface area contributed by atoms with Crippen molar-refractivity contribution in [3.63, 3.8) is 0 Å². The van der Waals surface area contributed by atoms with Crippen LogP contribution in [0.4, 0.5) is 15.8 Å². The van der Waals surface area contributed by atoms with E-state index in [4.69, 9.17) is 17.3 Å². The van der Waals surface area contributed by atoms with Crippen LogP contribution in [0, 0.1) is 5.82 Å². The first-order valence-electron chi connectivity index (χ1n) is 8.26. The molecule has 2 aromatic carbocycles. The summed E-state index contributed by atoms with van der Waals surface area (Å²) in [6.07, 6.45) is 1.21. The molecule has 10 heteroatoms. The highest BCUT2D eigenvalue weighted by Gasteiger charge is 2.22. The summed E-state index contributed by atoms with van der Waals surface area (Å²) in [6, 6.07) is 10.2. The van der Waals surface area contributed by atoms with Crippen molar-refractivity contribution in [2.45, 2.75) is 0 Å². The number of H-pyrrole nitrogens is 1. The van der Waals surface area contributed by atoms with E-state index in [0.29, 0.717) is 11.4 Å². The zero-order valence-electron chi connectivity index (χ0n) is 15.1. The van der Waals surface area contributed by atoms with Gasteiger partial charge in [0.15, 0.2) is 5.69 Å². The third kappa shape index (κ3) is 4.09. The van der Waals surface area contributed by atoms with E-state index < -0.39 is 23.5 Å². The minimum absolute atomic E-state index is 0.000511. The van der Waals surface area contributed by atoms with Gasteiger partial charge in [0.1, 0.15) is 11.5 Å². The Labute approximate surface area is 169 Å². The number of aromatic amines is 1. The zero-order valence-corrected chi connectivity index (χ0v) is 15.8. The molecule has 0 aliphatic heterocycles. The van der Waals surface area contributed by atoms with Crippen molar-refractivity contribution in [2.75, 3.05) is 17.3 Å². The minimum atomic E-state index is -0.798. The number of hydrogen-bond donors (Lipinski definition) is 3. The van der Waals surface area contributed by atoms with Crippen molar-refractivity contribution >= 4 is 40.7 Å². The molecule has 1 aromatic heterocycles. The van der Waals surface area contributed by atoms with Crippen LogP contribution < -0.4 is 16.0 Å². The monoisotopic (exact) mass is 415 g/mol. The van der Waals surface area contributed by atoms with E-state index >= 15 is 0 Å². The number of aromatic nitrogens is 2. The Bertz CT molecular complexity index is 1100. The fraction of sp³-hybridized carbons (Fsp3) is 0.0526. The quantitative estimate of drug-likeness (QED) is 0.593. The lowest BCUT2D eigenvalue weighted by atomic mass is 10.2. The molecule has 3 rings (SSSR count). The van der Waals surface area contributed by atoms with E-state index in [2.05, 4.69) is 15.3 Å². The van der Waals surface area contributed by atoms with E-state index in [0.717, 1.165) is 6.07 Å². The number of nitrogens with zero attached hydrogens (tertiary/aromatic N) is 2. The van der Waals surface area contributed by atoms with Crippen LogP contribution >= 0.6 is 11.6 Å². The van der Waals surface area contributed by atoms with Crippen LogP contribution in [0.15, 0.2) is 48.8 Å². The number of primary amides is 1. The summed E-state index contributed by atoms with van der Waals surface area (Å²) < 4.78 is 13.5. The number of benzene rings is 2. The third-order valence-corrected chi connectivity index (χ3v) is 4.49. The molecule has 1 heterocycles. The van der Waals surface area contributed by atoms with Crippen LogP contribution in [0.25, 0.3) is 0 Å². The predicted molar refractivity (Wildman–Crippen MR) is 106 cm³/mol. The third-order valence-electron chi connectivity index (χ3n) is 4.10. The number of amides is 3. The van der Waals surface area contributed by atoms with Gasteiger partial charge in [-0.05, 0) is 36.4 Å². The number of nitrogens with two attached hydrogens (primary N) is 1. The number of hydrogen-bond acceptors (Lipinski definition) is 4. The Balaban J connectivity index is 1.75. The van der Waals surface area contributed by atoms with Crippen molar-refractivity contribution in [1.29, 1.82) is 0 Å². The number of imidazole rings is 1. The van der Waals surface area contributed by atoms with Gasteiger partial charge in [-0.2, -0.15) is 0 Å². The average molecular weight is 416 g/mol. The molecule has 0 fully saturated rings. The highest BCUT2D eigenvalue weighted by atomic mass is 35.5. The fourth-order valence-corrected chi connectivity index (χ4v) is 2.78. The second-order valence-electron chi connectivity index (χ2n) is 5.96. The van der Waals surface area contributed by atoms with Gasteiger partial charge in [-0.3, -0.25) is 14.4 Å². The van der Waals surface area contributed by atoms with E-state index in [1.165, 1.54) is 30.4 Å². The summed E-state index contributed by atoms with van der Waals surface area (Å²) in [4.78, 5) is 43.9. The lowest BCUT2D eigenvalue weighted by Gasteiger charge is -2.17. The maximum absolute atomic E-state index is 13.5. The second-order valence-corrected chi connectivity index (χ2v) is 6.33. The topological polar surface area (TPSA) is 121 Å². The number of carbonyl (C=O) groups is 3. The largest absolute Gasteiger partial charge is 0.364 e. The van der Waals surface area contributed by atoms with Crippen LogP contribution in [-0.2, 0) is 0 Å². The van der Waals surface area contributed by atoms with Crippen LogP contribution in [-0.4, -0.2) is 34.7 Å². The van der Waals surface area contributed by atoms with Gasteiger partial charge in [0.25, 0.3) is 17.7 Å². The summed E-state index contributed by atoms with van der Waals surface area (Å²) in [5.41, 5.74) is 5.93. The molecule has 8 nitrogen and oxygen atoms in total. The molecule has 0 saturated carbocycles. The first kappa shape index (κ1) is 20.0. The molecule has 0 saturated heterocycles. The molecule has 0 radical (unpaired) electrons. The molecule has 0 unspecified atom stereocenters. The highest BCUT2D eigenvalue weighted by molar-refractivity contribution is 6.34. The van der Waals surface area contributed by atoms with Crippen LogP contribution in [0.3, 0.4) is 0 Å². The molecular formula is C19H15ClFN5O3. The summed E-state index contributed by atoms with van der Waals surface area (Å²) in [5, 5.41) is 2.33. The van der Waals surface area contributed by atoms with Gasteiger partial charge in [0.05, 0.1) is 16.9 Å². The van der Waals surface area contributed by atoms with E-state index in [9.17, 15) is 18.8 Å². The van der Waals surface area contributed by atoms with Crippen molar-refractivity contribution in [3.05, 3.63) is 76.6 Å². The lowest BCUT2D eigenvalue weighted by Crippen LogP contribution is -2.29. The molecule has 0 spiro atoms. The summed E-state index contributed by atoms with van der Waals surface area (Å²) in [7, 11) is 1.50. The normalized spacial score (nSPS) is 10.4. The fourth-order valence-electron chi connectivity index (χ4n) is 2.57. The number of carbonyl (C=O) groups excluding carboxylic acids is 3. The summed E-state index contributed by atoms with van der Waals surface area (Å²) in [5.74, 6) is -2.60. The average Bonchev–Trinajstić information content (AvgIpc) is 3.19. The number of anilines is 2. The van der Waals surface area contributed by atoms with Gasteiger partial charge in [0.2, 0.25) is 0 Å². The second kappa shape index (κ2) is 8.11. The number of nitrogens with one attached hydrogen (secondary N) is 2. The summed E-state index contributed by atoms with van der Waals surface area (Å²) >= 11 is 5.82. The molecule has 4 N–H and O–H groups in total. The van der Waals surface area contributed by atoms with Crippen molar-refractivity contribution < 1.29 is 18.8 Å². The van der Waals surface area contributed by atoms with Gasteiger partial charge in [0, 0.05) is 18.4 Å². The van der Waals surface area contributed by atoms with Gasteiger partial charge < -0.3 is 20.9 Å². The van der Waals surface area contributed by atoms with E-state index in [1.807, 2.05) is 0 Å². The molecular weight excluding hydrogens is 401 g/mol. The first-order valence-corrected chi connectivity index (χ1v) is 8.64. The molecule has 0 bridgehead atoms. The van der Waals surface area contributed by atoms with Gasteiger partial charge in [-0.15, -0.1) is 0 Å². The summed E-state index contributed by atoms with van der Waals surface area (Å²) in [6.45, 7) is 0.